The van der Waals surface area contributed by atoms with Gasteiger partial charge in [0, 0.05) is 11.5 Å². The first-order valence-corrected chi connectivity index (χ1v) is 5.42. The number of anilines is 1. The van der Waals surface area contributed by atoms with E-state index in [1.807, 2.05) is 6.07 Å². The second-order valence-corrected chi connectivity index (χ2v) is 4.31. The number of hydrogen-bond donors (Lipinski definition) is 1. The summed E-state index contributed by atoms with van der Waals surface area (Å²) in [6, 6.07) is 6.51. The highest BCUT2D eigenvalue weighted by Gasteiger charge is 2.19. The lowest BCUT2D eigenvalue weighted by Crippen LogP contribution is -2.36. The summed E-state index contributed by atoms with van der Waals surface area (Å²) in [6.45, 7) is 1.57. The summed E-state index contributed by atoms with van der Waals surface area (Å²) in [5, 5.41) is 17.8. The van der Waals surface area contributed by atoms with Gasteiger partial charge in [0.2, 0.25) is 0 Å². The molecule has 0 saturated carbocycles. The monoisotopic (exact) mass is 282 g/mol. The lowest BCUT2D eigenvalue weighted by Gasteiger charge is -2.24. The molecule has 0 heterocycles. The Morgan fingerprint density at radius 3 is 2.75 bits per heavy atom. The molecule has 0 amide bonds. The molecule has 16 heavy (non-hydrogen) atoms. The summed E-state index contributed by atoms with van der Waals surface area (Å²) in [5.74, 6) is -0.925. The Kier molecular flexibility index (Phi) is 3.91. The summed E-state index contributed by atoms with van der Waals surface area (Å²) in [6.07, 6.45) is 0. The zero-order valence-electron chi connectivity index (χ0n) is 8.94. The molecule has 1 aromatic carbocycles. The third kappa shape index (κ3) is 2.52. The molecule has 0 aliphatic heterocycles. The van der Waals surface area contributed by atoms with Crippen molar-refractivity contribution >= 4 is 27.6 Å². The number of carbonyl (C=O) groups is 1. The summed E-state index contributed by atoms with van der Waals surface area (Å²) >= 11 is 3.30. The molecule has 1 rings (SSSR count). The number of aliphatic carboxylic acids is 1. The Hall–Kier alpha value is -1.54. The largest absolute Gasteiger partial charge is 0.480 e. The third-order valence-electron chi connectivity index (χ3n) is 2.40. The van der Waals surface area contributed by atoms with E-state index in [1.165, 1.54) is 0 Å². The molecule has 0 bridgehead atoms. The van der Waals surface area contributed by atoms with Gasteiger partial charge in [-0.2, -0.15) is 5.26 Å². The molecule has 0 aliphatic rings. The van der Waals surface area contributed by atoms with E-state index < -0.39 is 12.0 Å². The molecular weight excluding hydrogens is 272 g/mol. The zero-order valence-corrected chi connectivity index (χ0v) is 10.5. The van der Waals surface area contributed by atoms with Crippen LogP contribution >= 0.6 is 15.9 Å². The van der Waals surface area contributed by atoms with Crippen molar-refractivity contribution in [2.45, 2.75) is 13.0 Å². The first-order valence-electron chi connectivity index (χ1n) is 4.62. The van der Waals surface area contributed by atoms with Gasteiger partial charge in [-0.25, -0.2) is 4.79 Å². The third-order valence-corrected chi connectivity index (χ3v) is 2.89. The molecule has 1 atom stereocenters. The number of carboxylic acid groups (broad SMARTS) is 1. The molecule has 0 radical (unpaired) electrons. The van der Waals surface area contributed by atoms with Crippen molar-refractivity contribution in [1.82, 2.24) is 0 Å². The van der Waals surface area contributed by atoms with Crippen molar-refractivity contribution < 1.29 is 9.90 Å². The Morgan fingerprint density at radius 2 is 2.25 bits per heavy atom. The molecule has 1 N–H and O–H groups in total. The highest BCUT2D eigenvalue weighted by molar-refractivity contribution is 9.10. The van der Waals surface area contributed by atoms with Crippen LogP contribution in [0.25, 0.3) is 0 Å². The quantitative estimate of drug-likeness (QED) is 0.923. The van der Waals surface area contributed by atoms with Crippen molar-refractivity contribution in [2.24, 2.45) is 0 Å². The Labute approximate surface area is 102 Å². The number of hydrogen-bond acceptors (Lipinski definition) is 3. The molecule has 1 aromatic rings. The van der Waals surface area contributed by atoms with E-state index in [0.29, 0.717) is 11.3 Å². The van der Waals surface area contributed by atoms with Gasteiger partial charge in [0.25, 0.3) is 0 Å². The summed E-state index contributed by atoms with van der Waals surface area (Å²) in [4.78, 5) is 12.4. The summed E-state index contributed by atoms with van der Waals surface area (Å²) in [5.41, 5.74) is 1.06. The van der Waals surface area contributed by atoms with Gasteiger partial charge < -0.3 is 10.0 Å². The van der Waals surface area contributed by atoms with E-state index >= 15 is 0 Å². The molecule has 5 heteroatoms. The zero-order chi connectivity index (χ0) is 12.3. The van der Waals surface area contributed by atoms with E-state index in [0.717, 1.165) is 4.47 Å². The van der Waals surface area contributed by atoms with Gasteiger partial charge in [0.05, 0.1) is 11.3 Å². The smallest absolute Gasteiger partial charge is 0.326 e. The van der Waals surface area contributed by atoms with Gasteiger partial charge in [-0.15, -0.1) is 0 Å². The Bertz CT molecular complexity index is 454. The van der Waals surface area contributed by atoms with Crippen LogP contribution in [0.3, 0.4) is 0 Å². The number of likely N-dealkylation sites (N-methyl/N-ethyl adjacent to an activating group) is 1. The van der Waals surface area contributed by atoms with Gasteiger partial charge in [0.1, 0.15) is 12.1 Å². The number of halogens is 1. The van der Waals surface area contributed by atoms with Crippen LogP contribution in [0.4, 0.5) is 5.69 Å². The average Bonchev–Trinajstić information content (AvgIpc) is 2.26. The Balaban J connectivity index is 3.17. The SMILES string of the molecule is CC(C(=O)O)N(C)c1cc(Br)ccc1C#N. The number of benzene rings is 1. The molecule has 4 nitrogen and oxygen atoms in total. The van der Waals surface area contributed by atoms with Gasteiger partial charge in [-0.1, -0.05) is 15.9 Å². The maximum Gasteiger partial charge on any atom is 0.326 e. The normalized spacial score (nSPS) is 11.6. The van der Waals surface area contributed by atoms with E-state index in [2.05, 4.69) is 15.9 Å². The van der Waals surface area contributed by atoms with Crippen molar-refractivity contribution in [3.63, 3.8) is 0 Å². The minimum atomic E-state index is -0.925. The highest BCUT2D eigenvalue weighted by atomic mass is 79.9. The van der Waals surface area contributed by atoms with Crippen LogP contribution in [0.15, 0.2) is 22.7 Å². The number of carboxylic acids is 1. The molecular formula is C11H11BrN2O2. The van der Waals surface area contributed by atoms with Crippen molar-refractivity contribution in [1.29, 1.82) is 5.26 Å². The first-order chi connectivity index (χ1) is 7.47. The van der Waals surface area contributed by atoms with Crippen LogP contribution in [-0.2, 0) is 4.79 Å². The molecule has 84 valence electrons. The fraction of sp³-hybridized carbons (Fsp3) is 0.273. The average molecular weight is 283 g/mol. The maximum atomic E-state index is 10.9. The molecule has 0 fully saturated rings. The lowest BCUT2D eigenvalue weighted by molar-refractivity contribution is -0.138. The minimum absolute atomic E-state index is 0.457. The first kappa shape index (κ1) is 12.5. The van der Waals surface area contributed by atoms with Crippen molar-refractivity contribution in [3.05, 3.63) is 28.2 Å². The molecule has 1 unspecified atom stereocenters. The molecule has 0 spiro atoms. The van der Waals surface area contributed by atoms with Crippen LogP contribution in [0, 0.1) is 11.3 Å². The maximum absolute atomic E-state index is 10.9. The minimum Gasteiger partial charge on any atom is -0.480 e. The summed E-state index contributed by atoms with van der Waals surface area (Å²) in [7, 11) is 1.65. The lowest BCUT2D eigenvalue weighted by atomic mass is 10.1. The van der Waals surface area contributed by atoms with E-state index in [4.69, 9.17) is 10.4 Å². The highest BCUT2D eigenvalue weighted by Crippen LogP contribution is 2.25. The number of nitriles is 1. The van der Waals surface area contributed by atoms with Gasteiger partial charge in [-0.3, -0.25) is 0 Å². The summed E-state index contributed by atoms with van der Waals surface area (Å²) < 4.78 is 0.811. The van der Waals surface area contributed by atoms with Crippen molar-refractivity contribution in [2.75, 3.05) is 11.9 Å². The predicted octanol–water partition coefficient (Wildman–Crippen LogP) is 2.23. The fourth-order valence-electron chi connectivity index (χ4n) is 1.27. The fourth-order valence-corrected chi connectivity index (χ4v) is 1.61. The van der Waals surface area contributed by atoms with Gasteiger partial charge in [-0.05, 0) is 25.1 Å². The second kappa shape index (κ2) is 4.99. The van der Waals surface area contributed by atoms with Crippen LogP contribution in [-0.4, -0.2) is 24.2 Å². The standard InChI is InChI=1S/C11H11BrN2O2/c1-7(11(15)16)14(2)10-5-9(12)4-3-8(10)6-13/h3-5,7H,1-2H3,(H,15,16). The number of rotatable bonds is 3. The van der Waals surface area contributed by atoms with E-state index in [1.54, 1.807) is 37.1 Å². The van der Waals surface area contributed by atoms with Gasteiger partial charge in [0.15, 0.2) is 0 Å². The molecule has 0 aromatic heterocycles. The van der Waals surface area contributed by atoms with E-state index in [-0.39, 0.29) is 0 Å². The van der Waals surface area contributed by atoms with Crippen LogP contribution < -0.4 is 4.90 Å². The topological polar surface area (TPSA) is 64.3 Å². The van der Waals surface area contributed by atoms with E-state index in [9.17, 15) is 4.79 Å². The van der Waals surface area contributed by atoms with Gasteiger partial charge >= 0.3 is 5.97 Å². The number of nitrogens with zero attached hydrogens (tertiary/aromatic N) is 2. The Morgan fingerprint density at radius 1 is 1.62 bits per heavy atom. The van der Waals surface area contributed by atoms with Crippen LogP contribution in [0.1, 0.15) is 12.5 Å². The van der Waals surface area contributed by atoms with Crippen LogP contribution in [0.5, 0.6) is 0 Å². The molecule has 0 saturated heterocycles. The predicted molar refractivity (Wildman–Crippen MR) is 64.4 cm³/mol. The van der Waals surface area contributed by atoms with Crippen molar-refractivity contribution in [3.8, 4) is 6.07 Å². The molecule has 0 aliphatic carbocycles. The second-order valence-electron chi connectivity index (χ2n) is 3.40. The van der Waals surface area contributed by atoms with Crippen LogP contribution in [0.2, 0.25) is 0 Å².